The van der Waals surface area contributed by atoms with Crippen LogP contribution < -0.4 is 0 Å². The molecule has 0 spiro atoms. The van der Waals surface area contributed by atoms with E-state index in [9.17, 15) is 24.6 Å². The molecule has 0 aliphatic carbocycles. The molecule has 1 rings (SSSR count). The van der Waals surface area contributed by atoms with Gasteiger partial charge in [-0.05, 0) is 24.1 Å². The number of aldehydes is 2. The van der Waals surface area contributed by atoms with Gasteiger partial charge in [-0.25, -0.2) is 0 Å². The molecular formula is C18H26O8. The number of allylic oxidation sites excluding steroid dienone is 2. The summed E-state index contributed by atoms with van der Waals surface area (Å²) in [7, 11) is 0. The molecule has 146 valence electrons. The molecule has 8 nitrogen and oxygen atoms in total. The molecule has 1 saturated heterocycles. The van der Waals surface area contributed by atoms with Crippen LogP contribution in [-0.2, 0) is 23.9 Å². The summed E-state index contributed by atoms with van der Waals surface area (Å²) in [5.74, 6) is -2.79. The minimum absolute atomic E-state index is 0.00469. The summed E-state index contributed by atoms with van der Waals surface area (Å²) in [6.07, 6.45) is 1.80. The Morgan fingerprint density at radius 3 is 2.58 bits per heavy atom. The van der Waals surface area contributed by atoms with E-state index in [0.29, 0.717) is 18.1 Å². The van der Waals surface area contributed by atoms with Crippen molar-refractivity contribution in [2.75, 3.05) is 6.61 Å². The number of rotatable bonds is 8. The van der Waals surface area contributed by atoms with Crippen LogP contribution in [0.25, 0.3) is 0 Å². The Balaban J connectivity index is 3.40. The molecule has 1 heterocycles. The fourth-order valence-electron chi connectivity index (χ4n) is 2.94. The summed E-state index contributed by atoms with van der Waals surface area (Å²) in [4.78, 5) is 33.3. The molecule has 1 fully saturated rings. The van der Waals surface area contributed by atoms with Crippen molar-refractivity contribution in [3.63, 3.8) is 0 Å². The second kappa shape index (κ2) is 9.18. The van der Waals surface area contributed by atoms with Crippen molar-refractivity contribution < 1.29 is 39.2 Å². The molecule has 26 heavy (non-hydrogen) atoms. The third kappa shape index (κ3) is 5.07. The number of ether oxygens (including phenoxy) is 2. The Labute approximate surface area is 152 Å². The molecule has 1 aliphatic rings. The SMILES string of the molecule is CC(=O)O[C@H]1/C(=C/C=O)C[C@@H](C[C@@H](O)CO)O[C@@]1(O)C(C)(C)/C=C/C=O. The first kappa shape index (κ1) is 22.2. The predicted octanol–water partition coefficient (Wildman–Crippen LogP) is 0.0455. The molecule has 0 unspecified atom stereocenters. The van der Waals surface area contributed by atoms with Crippen LogP contribution in [0.5, 0.6) is 0 Å². The molecule has 0 aromatic carbocycles. The third-order valence-corrected chi connectivity index (χ3v) is 4.33. The summed E-state index contributed by atoms with van der Waals surface area (Å²) in [6, 6.07) is 0. The molecule has 8 heteroatoms. The molecule has 0 saturated carbocycles. The zero-order valence-corrected chi connectivity index (χ0v) is 15.1. The molecular weight excluding hydrogens is 344 g/mol. The molecule has 4 atom stereocenters. The van der Waals surface area contributed by atoms with Gasteiger partial charge < -0.3 is 24.8 Å². The maximum atomic E-state index is 11.5. The number of carbonyl (C=O) groups is 3. The summed E-state index contributed by atoms with van der Waals surface area (Å²) >= 11 is 0. The quantitative estimate of drug-likeness (QED) is 0.310. The largest absolute Gasteiger partial charge is 0.452 e. The maximum absolute atomic E-state index is 11.5. The molecule has 3 N–H and O–H groups in total. The smallest absolute Gasteiger partial charge is 0.303 e. The van der Waals surface area contributed by atoms with E-state index in [2.05, 4.69) is 0 Å². The lowest BCUT2D eigenvalue weighted by molar-refractivity contribution is -0.326. The van der Waals surface area contributed by atoms with Crippen molar-refractivity contribution in [3.8, 4) is 0 Å². The number of aliphatic hydroxyl groups excluding tert-OH is 2. The van der Waals surface area contributed by atoms with Crippen LogP contribution in [0.1, 0.15) is 33.6 Å². The van der Waals surface area contributed by atoms with Gasteiger partial charge in [-0.3, -0.25) is 14.4 Å². The highest BCUT2D eigenvalue weighted by Crippen LogP contribution is 2.46. The Bertz CT molecular complexity index is 580. The standard InChI is InChI=1S/C18H26O8/c1-12(22)25-16-13(5-8-20)9-15(10-14(23)11-21)26-18(16,24)17(2,3)6-4-7-19/h4-8,14-16,21,23-24H,9-11H2,1-3H3/b6-4+,13-5+/t14-,15+,16+,18-/m1/s1. The normalized spacial score (nSPS) is 29.5. The summed E-state index contributed by atoms with van der Waals surface area (Å²) in [6.45, 7) is 3.82. The van der Waals surface area contributed by atoms with Gasteiger partial charge in [0.2, 0.25) is 5.79 Å². The summed E-state index contributed by atoms with van der Waals surface area (Å²) < 4.78 is 11.0. The average molecular weight is 370 g/mol. The number of hydrogen-bond acceptors (Lipinski definition) is 8. The van der Waals surface area contributed by atoms with Gasteiger partial charge in [0, 0.05) is 18.8 Å². The van der Waals surface area contributed by atoms with E-state index in [1.54, 1.807) is 13.8 Å². The van der Waals surface area contributed by atoms with Crippen molar-refractivity contribution in [1.29, 1.82) is 0 Å². The molecule has 0 radical (unpaired) electrons. The highest BCUT2D eigenvalue weighted by molar-refractivity contribution is 5.69. The van der Waals surface area contributed by atoms with E-state index < -0.39 is 42.1 Å². The zero-order valence-electron chi connectivity index (χ0n) is 15.1. The van der Waals surface area contributed by atoms with Crippen molar-refractivity contribution in [2.45, 2.75) is 57.7 Å². The molecule has 0 amide bonds. The molecule has 0 bridgehead atoms. The first-order valence-corrected chi connectivity index (χ1v) is 8.24. The number of esters is 1. The lowest BCUT2D eigenvalue weighted by Crippen LogP contribution is -2.61. The van der Waals surface area contributed by atoms with Crippen LogP contribution in [-0.4, -0.2) is 64.6 Å². The number of carbonyl (C=O) groups excluding carboxylic acids is 3. The highest BCUT2D eigenvalue weighted by Gasteiger charge is 2.57. The van der Waals surface area contributed by atoms with E-state index in [-0.39, 0.29) is 12.8 Å². The van der Waals surface area contributed by atoms with Crippen LogP contribution in [0.3, 0.4) is 0 Å². The first-order chi connectivity index (χ1) is 12.1. The van der Waals surface area contributed by atoms with Crippen LogP contribution in [0.15, 0.2) is 23.8 Å². The van der Waals surface area contributed by atoms with Crippen molar-refractivity contribution in [2.24, 2.45) is 5.41 Å². The average Bonchev–Trinajstić information content (AvgIpc) is 2.56. The Hall–Kier alpha value is -1.87. The molecule has 1 aliphatic heterocycles. The van der Waals surface area contributed by atoms with Gasteiger partial charge in [-0.15, -0.1) is 0 Å². The van der Waals surface area contributed by atoms with Crippen LogP contribution in [0, 0.1) is 5.41 Å². The highest BCUT2D eigenvalue weighted by atomic mass is 16.7. The first-order valence-electron chi connectivity index (χ1n) is 8.24. The Morgan fingerprint density at radius 1 is 1.42 bits per heavy atom. The topological polar surface area (TPSA) is 130 Å². The fraction of sp³-hybridized carbons (Fsp3) is 0.611. The van der Waals surface area contributed by atoms with E-state index >= 15 is 0 Å². The van der Waals surface area contributed by atoms with E-state index in [0.717, 1.165) is 6.92 Å². The molecule has 0 aromatic heterocycles. The second-order valence-electron chi connectivity index (χ2n) is 6.80. The van der Waals surface area contributed by atoms with Crippen molar-refractivity contribution >= 4 is 18.5 Å². The number of hydrogen-bond donors (Lipinski definition) is 3. The summed E-state index contributed by atoms with van der Waals surface area (Å²) in [5.41, 5.74) is -0.884. The van der Waals surface area contributed by atoms with Gasteiger partial charge in [0.1, 0.15) is 12.6 Å². The predicted molar refractivity (Wildman–Crippen MR) is 90.8 cm³/mol. The second-order valence-corrected chi connectivity index (χ2v) is 6.80. The van der Waals surface area contributed by atoms with E-state index in [1.165, 1.54) is 18.2 Å². The minimum atomic E-state index is -2.11. The van der Waals surface area contributed by atoms with Gasteiger partial charge in [0.25, 0.3) is 0 Å². The maximum Gasteiger partial charge on any atom is 0.303 e. The fourth-order valence-corrected chi connectivity index (χ4v) is 2.94. The van der Waals surface area contributed by atoms with E-state index in [1.807, 2.05) is 0 Å². The van der Waals surface area contributed by atoms with Gasteiger partial charge >= 0.3 is 5.97 Å². The summed E-state index contributed by atoms with van der Waals surface area (Å²) in [5, 5.41) is 30.1. The van der Waals surface area contributed by atoms with Crippen molar-refractivity contribution in [1.82, 2.24) is 0 Å². The van der Waals surface area contributed by atoms with Crippen LogP contribution >= 0.6 is 0 Å². The number of aliphatic hydroxyl groups is 3. The lowest BCUT2D eigenvalue weighted by Gasteiger charge is -2.50. The van der Waals surface area contributed by atoms with Gasteiger partial charge in [-0.1, -0.05) is 19.9 Å². The van der Waals surface area contributed by atoms with Gasteiger partial charge in [0.05, 0.1) is 18.8 Å². The third-order valence-electron chi connectivity index (χ3n) is 4.33. The van der Waals surface area contributed by atoms with Crippen LogP contribution in [0.2, 0.25) is 0 Å². The Morgan fingerprint density at radius 2 is 2.08 bits per heavy atom. The van der Waals surface area contributed by atoms with Crippen molar-refractivity contribution in [3.05, 3.63) is 23.8 Å². The van der Waals surface area contributed by atoms with Gasteiger partial charge in [0.15, 0.2) is 6.10 Å². The Kier molecular flexibility index (Phi) is 7.83. The van der Waals surface area contributed by atoms with Crippen LogP contribution in [0.4, 0.5) is 0 Å². The molecule has 0 aromatic rings. The van der Waals surface area contributed by atoms with Gasteiger partial charge in [-0.2, -0.15) is 0 Å². The monoisotopic (exact) mass is 370 g/mol. The minimum Gasteiger partial charge on any atom is -0.452 e. The van der Waals surface area contributed by atoms with E-state index in [4.69, 9.17) is 14.6 Å². The lowest BCUT2D eigenvalue weighted by atomic mass is 9.74. The zero-order chi connectivity index (χ0) is 20.0.